The van der Waals surface area contributed by atoms with Crippen molar-refractivity contribution in [1.29, 1.82) is 0 Å². The van der Waals surface area contributed by atoms with Crippen LogP contribution in [-0.4, -0.2) is 15.9 Å². The maximum Gasteiger partial charge on any atom is 0.223 e. The zero-order valence-corrected chi connectivity index (χ0v) is 13.9. The van der Waals surface area contributed by atoms with Gasteiger partial charge in [-0.2, -0.15) is 0 Å². The summed E-state index contributed by atoms with van der Waals surface area (Å²) in [5, 5.41) is 6.48. The fourth-order valence-electron chi connectivity index (χ4n) is 2.10. The van der Waals surface area contributed by atoms with Crippen molar-refractivity contribution in [3.05, 3.63) is 52.0 Å². The van der Waals surface area contributed by atoms with Crippen LogP contribution >= 0.6 is 22.7 Å². The Morgan fingerprint density at radius 3 is 2.73 bits per heavy atom. The number of rotatable bonds is 4. The molecule has 1 aromatic carbocycles. The third-order valence-electron chi connectivity index (χ3n) is 3.06. The maximum atomic E-state index is 11.1. The molecule has 0 radical (unpaired) electrons. The first-order valence-electron chi connectivity index (χ1n) is 6.85. The number of benzene rings is 1. The molecule has 0 saturated carbocycles. The summed E-state index contributed by atoms with van der Waals surface area (Å²) >= 11 is 3.11. The van der Waals surface area contributed by atoms with Gasteiger partial charge in [0.05, 0.1) is 21.3 Å². The second-order valence-corrected chi connectivity index (χ2v) is 6.85. The molecule has 3 aromatic rings. The average molecular weight is 329 g/mol. The molecule has 3 rings (SSSR count). The largest absolute Gasteiger partial charge is 0.302 e. The number of carbonyl (C=O) groups excluding carboxylic acids is 1. The highest BCUT2D eigenvalue weighted by Gasteiger charge is 2.13. The number of thiazole rings is 2. The Morgan fingerprint density at radius 1 is 1.23 bits per heavy atom. The van der Waals surface area contributed by atoms with Crippen molar-refractivity contribution in [1.82, 2.24) is 9.97 Å². The Kier molecular flexibility index (Phi) is 4.31. The van der Waals surface area contributed by atoms with Gasteiger partial charge >= 0.3 is 0 Å². The number of aryl methyl sites for hydroxylation is 1. The van der Waals surface area contributed by atoms with Crippen molar-refractivity contribution in [3.8, 4) is 10.6 Å². The van der Waals surface area contributed by atoms with Crippen LogP contribution in [-0.2, 0) is 11.2 Å². The molecule has 2 heterocycles. The number of aromatic nitrogens is 2. The summed E-state index contributed by atoms with van der Waals surface area (Å²) in [7, 11) is 0. The summed E-state index contributed by atoms with van der Waals surface area (Å²) in [6.45, 7) is 3.42. The van der Waals surface area contributed by atoms with E-state index in [1.807, 2.05) is 25.1 Å². The van der Waals surface area contributed by atoms with Gasteiger partial charge in [0.1, 0.15) is 0 Å². The molecule has 0 unspecified atom stereocenters. The first-order chi connectivity index (χ1) is 10.6. The second kappa shape index (κ2) is 6.37. The van der Waals surface area contributed by atoms with Gasteiger partial charge in [-0.3, -0.25) is 4.79 Å². The van der Waals surface area contributed by atoms with Crippen LogP contribution in [0.1, 0.15) is 23.2 Å². The van der Waals surface area contributed by atoms with Gasteiger partial charge in [-0.1, -0.05) is 41.7 Å². The fraction of sp³-hybridized carbons (Fsp3) is 0.188. The van der Waals surface area contributed by atoms with Gasteiger partial charge in [-0.05, 0) is 12.5 Å². The molecular formula is C16H15N3OS2. The highest BCUT2D eigenvalue weighted by molar-refractivity contribution is 7.19. The SMILES string of the molecule is CC(=O)Nc1nc(C)c(-c2csc(Cc3ccccc3)n2)s1. The Balaban J connectivity index is 1.81. The quantitative estimate of drug-likeness (QED) is 0.783. The summed E-state index contributed by atoms with van der Waals surface area (Å²) < 4.78 is 0. The molecule has 6 heteroatoms. The number of carbonyl (C=O) groups is 1. The van der Waals surface area contributed by atoms with Crippen LogP contribution in [0.4, 0.5) is 5.13 Å². The van der Waals surface area contributed by atoms with E-state index in [1.165, 1.54) is 23.8 Å². The van der Waals surface area contributed by atoms with Crippen molar-refractivity contribution < 1.29 is 4.79 Å². The zero-order chi connectivity index (χ0) is 15.5. The lowest BCUT2D eigenvalue weighted by Gasteiger charge is -1.96. The molecule has 1 N–H and O–H groups in total. The molecule has 0 saturated heterocycles. The van der Waals surface area contributed by atoms with E-state index in [0.717, 1.165) is 27.7 Å². The first-order valence-corrected chi connectivity index (χ1v) is 8.55. The number of hydrogen-bond donors (Lipinski definition) is 1. The molecule has 0 aliphatic rings. The Bertz CT molecular complexity index is 793. The highest BCUT2D eigenvalue weighted by Crippen LogP contribution is 2.33. The lowest BCUT2D eigenvalue weighted by molar-refractivity contribution is -0.114. The van der Waals surface area contributed by atoms with E-state index in [2.05, 4.69) is 27.8 Å². The van der Waals surface area contributed by atoms with Crippen LogP contribution < -0.4 is 5.32 Å². The van der Waals surface area contributed by atoms with Gasteiger partial charge in [-0.25, -0.2) is 9.97 Å². The summed E-state index contributed by atoms with van der Waals surface area (Å²) in [4.78, 5) is 21.2. The summed E-state index contributed by atoms with van der Waals surface area (Å²) in [5.41, 5.74) is 3.08. The van der Waals surface area contributed by atoms with Crippen LogP contribution in [0.2, 0.25) is 0 Å². The van der Waals surface area contributed by atoms with Gasteiger partial charge in [0.25, 0.3) is 0 Å². The van der Waals surface area contributed by atoms with Gasteiger partial charge in [0.15, 0.2) is 5.13 Å². The molecule has 0 spiro atoms. The van der Waals surface area contributed by atoms with E-state index < -0.39 is 0 Å². The molecule has 0 aliphatic heterocycles. The van der Waals surface area contributed by atoms with E-state index in [9.17, 15) is 4.79 Å². The predicted octanol–water partition coefficient (Wildman–Crippen LogP) is 4.12. The van der Waals surface area contributed by atoms with Gasteiger partial charge in [-0.15, -0.1) is 11.3 Å². The van der Waals surface area contributed by atoms with Crippen molar-refractivity contribution in [3.63, 3.8) is 0 Å². The van der Waals surface area contributed by atoms with Crippen molar-refractivity contribution >= 4 is 33.7 Å². The Hall–Kier alpha value is -2.05. The lowest BCUT2D eigenvalue weighted by atomic mass is 10.2. The number of amides is 1. The lowest BCUT2D eigenvalue weighted by Crippen LogP contribution is -2.04. The van der Waals surface area contributed by atoms with E-state index in [-0.39, 0.29) is 5.91 Å². The molecule has 1 amide bonds. The standard InChI is InChI=1S/C16H15N3OS2/c1-10-15(22-16(17-10)18-11(2)20)13-9-21-14(19-13)8-12-6-4-3-5-7-12/h3-7,9H,8H2,1-2H3,(H,17,18,20). The van der Waals surface area contributed by atoms with E-state index >= 15 is 0 Å². The van der Waals surface area contributed by atoms with Gasteiger partial charge in [0.2, 0.25) is 5.91 Å². The number of hydrogen-bond acceptors (Lipinski definition) is 5. The van der Waals surface area contributed by atoms with Crippen molar-refractivity contribution in [2.45, 2.75) is 20.3 Å². The van der Waals surface area contributed by atoms with Crippen LogP contribution in [0.3, 0.4) is 0 Å². The maximum absolute atomic E-state index is 11.1. The molecule has 0 bridgehead atoms. The van der Waals surface area contributed by atoms with E-state index in [1.54, 1.807) is 11.3 Å². The third kappa shape index (κ3) is 3.40. The molecule has 0 aliphatic carbocycles. The monoisotopic (exact) mass is 329 g/mol. The second-order valence-electron chi connectivity index (χ2n) is 4.90. The summed E-state index contributed by atoms with van der Waals surface area (Å²) in [5.74, 6) is -0.108. The molecular weight excluding hydrogens is 314 g/mol. The number of nitrogens with zero attached hydrogens (tertiary/aromatic N) is 2. The van der Waals surface area contributed by atoms with Crippen LogP contribution in [0.25, 0.3) is 10.6 Å². The normalized spacial score (nSPS) is 10.6. The molecule has 0 fully saturated rings. The molecule has 2 aromatic heterocycles. The minimum atomic E-state index is -0.108. The smallest absolute Gasteiger partial charge is 0.223 e. The Labute approximate surface area is 136 Å². The van der Waals surface area contributed by atoms with Crippen molar-refractivity contribution in [2.75, 3.05) is 5.32 Å². The fourth-order valence-corrected chi connectivity index (χ4v) is 3.97. The summed E-state index contributed by atoms with van der Waals surface area (Å²) in [6, 6.07) is 10.3. The first kappa shape index (κ1) is 14.9. The van der Waals surface area contributed by atoms with Crippen molar-refractivity contribution in [2.24, 2.45) is 0 Å². The highest BCUT2D eigenvalue weighted by atomic mass is 32.1. The number of nitrogens with one attached hydrogen (secondary N) is 1. The zero-order valence-electron chi connectivity index (χ0n) is 12.3. The predicted molar refractivity (Wildman–Crippen MR) is 91.5 cm³/mol. The minimum absolute atomic E-state index is 0.108. The molecule has 0 atom stereocenters. The molecule has 22 heavy (non-hydrogen) atoms. The van der Waals surface area contributed by atoms with E-state index in [4.69, 9.17) is 4.98 Å². The molecule has 4 nitrogen and oxygen atoms in total. The van der Waals surface area contributed by atoms with Gasteiger partial charge < -0.3 is 5.32 Å². The Morgan fingerprint density at radius 2 is 2.00 bits per heavy atom. The third-order valence-corrected chi connectivity index (χ3v) is 5.01. The van der Waals surface area contributed by atoms with Gasteiger partial charge in [0, 0.05) is 18.7 Å². The van der Waals surface area contributed by atoms with E-state index in [0.29, 0.717) is 5.13 Å². The number of anilines is 1. The van der Waals surface area contributed by atoms with Crippen LogP contribution in [0.5, 0.6) is 0 Å². The minimum Gasteiger partial charge on any atom is -0.302 e. The average Bonchev–Trinajstić information content (AvgIpc) is 3.06. The van der Waals surface area contributed by atoms with Crippen LogP contribution in [0.15, 0.2) is 35.7 Å². The summed E-state index contributed by atoms with van der Waals surface area (Å²) in [6.07, 6.45) is 0.835. The van der Waals surface area contributed by atoms with Crippen LogP contribution in [0, 0.1) is 6.92 Å². The molecule has 112 valence electrons. The topological polar surface area (TPSA) is 54.9 Å².